The molecule has 0 saturated heterocycles. The van der Waals surface area contributed by atoms with Crippen molar-refractivity contribution in [3.8, 4) is 16.9 Å². The lowest BCUT2D eigenvalue weighted by molar-refractivity contribution is -0.140. The summed E-state index contributed by atoms with van der Waals surface area (Å²) in [5.74, 6) is -0.0699. The fourth-order valence-corrected chi connectivity index (χ4v) is 4.66. The Morgan fingerprint density at radius 1 is 0.917 bits per heavy atom. The normalized spacial score (nSPS) is 12.6. The molecule has 36 heavy (non-hydrogen) atoms. The molecule has 1 unspecified atom stereocenters. The van der Waals surface area contributed by atoms with E-state index >= 15 is 0 Å². The van der Waals surface area contributed by atoms with Gasteiger partial charge in [0, 0.05) is 16.8 Å². The van der Waals surface area contributed by atoms with Crippen molar-refractivity contribution in [1.29, 1.82) is 0 Å². The number of hydrogen-bond acceptors (Lipinski definition) is 5. The number of nitrogens with one attached hydrogen (secondary N) is 1. The van der Waals surface area contributed by atoms with Gasteiger partial charge in [-0.25, -0.2) is 0 Å². The van der Waals surface area contributed by atoms with Gasteiger partial charge in [-0.15, -0.1) is 11.3 Å². The van der Waals surface area contributed by atoms with Crippen LogP contribution in [0.3, 0.4) is 0 Å². The predicted octanol–water partition coefficient (Wildman–Crippen LogP) is 6.89. The van der Waals surface area contributed by atoms with Crippen molar-refractivity contribution in [1.82, 2.24) is 5.32 Å². The summed E-state index contributed by atoms with van der Waals surface area (Å²) in [5, 5.41) is 2.71. The van der Waals surface area contributed by atoms with E-state index in [2.05, 4.69) is 10.1 Å². The third-order valence-electron chi connectivity index (χ3n) is 5.39. The molecule has 1 N–H and O–H groups in total. The van der Waals surface area contributed by atoms with Crippen molar-refractivity contribution < 1.29 is 32.2 Å². The zero-order valence-corrected chi connectivity index (χ0v) is 21.3. The average molecular weight is 520 g/mol. The summed E-state index contributed by atoms with van der Waals surface area (Å²) in [7, 11) is 1.30. The SMILES string of the molecule is COC(=O)CCNC(=O)c1ccc(C(Oc2ccc(-c3ccc(C(F)(F)F)cc3)cc2)C(C)(C)C)s1. The highest BCUT2D eigenvalue weighted by atomic mass is 32.1. The van der Waals surface area contributed by atoms with Gasteiger partial charge >= 0.3 is 12.1 Å². The Labute approximate surface area is 212 Å². The molecule has 3 rings (SSSR count). The molecule has 9 heteroatoms. The number of halogens is 3. The zero-order chi connectivity index (χ0) is 26.5. The van der Waals surface area contributed by atoms with Crippen LogP contribution in [0.2, 0.25) is 0 Å². The minimum Gasteiger partial charge on any atom is -0.484 e. The Bertz CT molecular complexity index is 1180. The standard InChI is InChI=1S/C27H28F3NO4S/c1-26(2,3)24(21-13-14-22(36-21)25(33)31-16-15-23(32)34-4)35-20-11-7-18(8-12-20)17-5-9-19(10-6-17)27(28,29)30/h5-14,24H,15-16H2,1-4H3,(H,31,33). The monoisotopic (exact) mass is 519 g/mol. The van der Waals surface area contributed by atoms with Gasteiger partial charge in [-0.1, -0.05) is 45.0 Å². The molecule has 0 radical (unpaired) electrons. The van der Waals surface area contributed by atoms with Gasteiger partial charge in [-0.3, -0.25) is 9.59 Å². The molecule has 1 aromatic heterocycles. The number of methoxy groups -OCH3 is 1. The van der Waals surface area contributed by atoms with E-state index in [1.165, 1.54) is 30.6 Å². The van der Waals surface area contributed by atoms with Crippen LogP contribution >= 0.6 is 11.3 Å². The van der Waals surface area contributed by atoms with Gasteiger partial charge in [0.2, 0.25) is 0 Å². The van der Waals surface area contributed by atoms with Gasteiger partial charge in [0.25, 0.3) is 5.91 Å². The van der Waals surface area contributed by atoms with Crippen LogP contribution in [-0.4, -0.2) is 25.5 Å². The number of thiophene rings is 1. The lowest BCUT2D eigenvalue weighted by Gasteiger charge is -2.30. The second-order valence-corrected chi connectivity index (χ2v) is 10.4. The molecule has 0 saturated carbocycles. The topological polar surface area (TPSA) is 64.6 Å². The van der Waals surface area contributed by atoms with Gasteiger partial charge in [0.15, 0.2) is 0 Å². The van der Waals surface area contributed by atoms with Gasteiger partial charge in [-0.05, 0) is 47.5 Å². The van der Waals surface area contributed by atoms with Crippen molar-refractivity contribution in [3.05, 3.63) is 76.0 Å². The van der Waals surface area contributed by atoms with E-state index in [9.17, 15) is 22.8 Å². The van der Waals surface area contributed by atoms with Crippen LogP contribution in [0.25, 0.3) is 11.1 Å². The van der Waals surface area contributed by atoms with Crippen LogP contribution in [0.4, 0.5) is 13.2 Å². The van der Waals surface area contributed by atoms with E-state index in [-0.39, 0.29) is 30.4 Å². The Balaban J connectivity index is 1.71. The molecular formula is C27H28F3NO4S. The molecule has 0 spiro atoms. The molecule has 0 aliphatic carbocycles. The predicted molar refractivity (Wildman–Crippen MR) is 133 cm³/mol. The van der Waals surface area contributed by atoms with E-state index in [0.717, 1.165) is 22.6 Å². The molecule has 1 heterocycles. The molecule has 0 fully saturated rings. The first-order valence-corrected chi connectivity index (χ1v) is 12.1. The zero-order valence-electron chi connectivity index (χ0n) is 20.4. The Kier molecular flexibility index (Phi) is 8.45. The van der Waals surface area contributed by atoms with Gasteiger partial charge < -0.3 is 14.8 Å². The summed E-state index contributed by atoms with van der Waals surface area (Å²) in [6, 6.07) is 15.7. The minimum absolute atomic E-state index is 0.0939. The van der Waals surface area contributed by atoms with Gasteiger partial charge in [-0.2, -0.15) is 13.2 Å². The molecule has 2 aromatic carbocycles. The maximum atomic E-state index is 12.8. The summed E-state index contributed by atoms with van der Waals surface area (Å²) in [4.78, 5) is 25.1. The van der Waals surface area contributed by atoms with E-state index in [0.29, 0.717) is 16.2 Å². The molecule has 0 aliphatic rings. The minimum atomic E-state index is -4.37. The van der Waals surface area contributed by atoms with Crippen molar-refractivity contribution in [2.45, 2.75) is 39.5 Å². The van der Waals surface area contributed by atoms with E-state index in [4.69, 9.17) is 4.74 Å². The number of hydrogen-bond donors (Lipinski definition) is 1. The molecule has 1 amide bonds. The maximum absolute atomic E-state index is 12.8. The lowest BCUT2D eigenvalue weighted by Crippen LogP contribution is -2.25. The Hall–Kier alpha value is -3.33. The highest BCUT2D eigenvalue weighted by Crippen LogP contribution is 2.40. The molecule has 1 atom stereocenters. The molecule has 0 bridgehead atoms. The second-order valence-electron chi connectivity index (χ2n) is 9.25. The number of ether oxygens (including phenoxy) is 2. The maximum Gasteiger partial charge on any atom is 0.416 e. The number of carbonyl (C=O) groups is 2. The summed E-state index contributed by atoms with van der Waals surface area (Å²) in [5.41, 5.74) is 0.454. The number of amides is 1. The highest BCUT2D eigenvalue weighted by molar-refractivity contribution is 7.14. The van der Waals surface area contributed by atoms with Crippen molar-refractivity contribution in [2.24, 2.45) is 5.41 Å². The van der Waals surface area contributed by atoms with Gasteiger partial charge in [0.1, 0.15) is 11.9 Å². The van der Waals surface area contributed by atoms with Crippen LogP contribution in [0.15, 0.2) is 60.7 Å². The molecule has 0 aliphatic heterocycles. The summed E-state index contributed by atoms with van der Waals surface area (Å²) in [6.07, 6.45) is -4.63. The average Bonchev–Trinajstić information content (AvgIpc) is 3.31. The van der Waals surface area contributed by atoms with Crippen molar-refractivity contribution in [3.63, 3.8) is 0 Å². The fraction of sp³-hybridized carbons (Fsp3) is 0.333. The molecule has 192 valence electrons. The molecular weight excluding hydrogens is 491 g/mol. The Morgan fingerprint density at radius 2 is 1.50 bits per heavy atom. The fourth-order valence-electron chi connectivity index (χ4n) is 3.46. The van der Waals surface area contributed by atoms with E-state index in [1.54, 1.807) is 30.3 Å². The van der Waals surface area contributed by atoms with Crippen LogP contribution < -0.4 is 10.1 Å². The van der Waals surface area contributed by atoms with Crippen LogP contribution in [0.5, 0.6) is 5.75 Å². The summed E-state index contributed by atoms with van der Waals surface area (Å²) >= 11 is 1.32. The third kappa shape index (κ3) is 7.10. The number of alkyl halides is 3. The molecule has 5 nitrogen and oxygen atoms in total. The highest BCUT2D eigenvalue weighted by Gasteiger charge is 2.31. The van der Waals surface area contributed by atoms with Gasteiger partial charge in [0.05, 0.1) is 24.0 Å². The largest absolute Gasteiger partial charge is 0.484 e. The van der Waals surface area contributed by atoms with Crippen LogP contribution in [0, 0.1) is 5.41 Å². The van der Waals surface area contributed by atoms with Crippen LogP contribution in [0.1, 0.15) is 53.4 Å². The molecule has 3 aromatic rings. The summed E-state index contributed by atoms with van der Waals surface area (Å²) in [6.45, 7) is 6.28. The van der Waals surface area contributed by atoms with Crippen molar-refractivity contribution >= 4 is 23.2 Å². The second kappa shape index (κ2) is 11.2. The summed E-state index contributed by atoms with van der Waals surface area (Å²) < 4.78 is 49.3. The first-order chi connectivity index (χ1) is 16.9. The number of carbonyl (C=O) groups excluding carboxylic acids is 2. The Morgan fingerprint density at radius 3 is 2.03 bits per heavy atom. The van der Waals surface area contributed by atoms with E-state index in [1.807, 2.05) is 26.8 Å². The van der Waals surface area contributed by atoms with Crippen molar-refractivity contribution in [2.75, 3.05) is 13.7 Å². The number of benzene rings is 2. The van der Waals surface area contributed by atoms with Crippen LogP contribution in [-0.2, 0) is 15.7 Å². The number of esters is 1. The quantitative estimate of drug-likeness (QED) is 0.329. The van der Waals surface area contributed by atoms with E-state index < -0.39 is 17.7 Å². The smallest absolute Gasteiger partial charge is 0.416 e. The number of rotatable bonds is 8. The first kappa shape index (κ1) is 27.3. The lowest BCUT2D eigenvalue weighted by atomic mass is 9.88. The first-order valence-electron chi connectivity index (χ1n) is 11.3. The third-order valence-corrected chi connectivity index (χ3v) is 6.52.